The first kappa shape index (κ1) is 18.0. The summed E-state index contributed by atoms with van der Waals surface area (Å²) in [4.78, 5) is 21.3. The van der Waals surface area contributed by atoms with Crippen LogP contribution in [-0.4, -0.2) is 48.5 Å². The second kappa shape index (κ2) is 8.53. The van der Waals surface area contributed by atoms with E-state index in [1.165, 1.54) is 30.5 Å². The third-order valence-electron chi connectivity index (χ3n) is 5.73. The number of rotatable bonds is 6. The Bertz CT molecular complexity index is 756. The lowest BCUT2D eigenvalue weighted by molar-refractivity contribution is -0.122. The van der Waals surface area contributed by atoms with E-state index in [9.17, 15) is 4.79 Å². The monoisotopic (exact) mass is 364 g/mol. The Labute approximate surface area is 161 Å². The van der Waals surface area contributed by atoms with Gasteiger partial charge < -0.3 is 10.2 Å². The van der Waals surface area contributed by atoms with Gasteiger partial charge in [-0.2, -0.15) is 0 Å². The Balaban J connectivity index is 1.19. The summed E-state index contributed by atoms with van der Waals surface area (Å²) in [6.45, 7) is 5.32. The van der Waals surface area contributed by atoms with E-state index in [1.807, 2.05) is 18.2 Å². The summed E-state index contributed by atoms with van der Waals surface area (Å²) in [5.41, 5.74) is 3.81. The minimum absolute atomic E-state index is 0.0903. The van der Waals surface area contributed by atoms with Crippen LogP contribution in [0.4, 0.5) is 5.69 Å². The quantitative estimate of drug-likeness (QED) is 0.855. The molecular formula is C22H28N4O. The highest BCUT2D eigenvalue weighted by molar-refractivity contribution is 5.77. The van der Waals surface area contributed by atoms with Gasteiger partial charge in [-0.05, 0) is 62.0 Å². The number of benzene rings is 1. The highest BCUT2D eigenvalue weighted by Crippen LogP contribution is 2.29. The van der Waals surface area contributed by atoms with E-state index in [2.05, 4.69) is 44.4 Å². The second-order valence-corrected chi connectivity index (χ2v) is 7.64. The highest BCUT2D eigenvalue weighted by atomic mass is 16.2. The second-order valence-electron chi connectivity index (χ2n) is 7.64. The maximum atomic E-state index is 12.2. The number of pyridine rings is 1. The van der Waals surface area contributed by atoms with Gasteiger partial charge in [0.15, 0.2) is 0 Å². The van der Waals surface area contributed by atoms with Gasteiger partial charge in [0.2, 0.25) is 5.91 Å². The summed E-state index contributed by atoms with van der Waals surface area (Å²) in [7, 11) is 0. The molecule has 1 aromatic carbocycles. The average Bonchev–Trinajstić information content (AvgIpc) is 3.12. The molecule has 0 spiro atoms. The van der Waals surface area contributed by atoms with Crippen molar-refractivity contribution in [1.29, 1.82) is 0 Å². The van der Waals surface area contributed by atoms with Gasteiger partial charge in [0.1, 0.15) is 0 Å². The summed E-state index contributed by atoms with van der Waals surface area (Å²) in [5.74, 6) is 0.816. The van der Waals surface area contributed by atoms with Gasteiger partial charge in [0, 0.05) is 25.0 Å². The molecule has 0 radical (unpaired) electrons. The Morgan fingerprint density at radius 3 is 2.70 bits per heavy atom. The summed E-state index contributed by atoms with van der Waals surface area (Å²) in [6, 6.07) is 14.5. The molecule has 2 aromatic rings. The minimum Gasteiger partial charge on any atom is -0.371 e. The van der Waals surface area contributed by atoms with Crippen molar-refractivity contribution in [1.82, 2.24) is 15.2 Å². The van der Waals surface area contributed by atoms with Crippen LogP contribution in [0, 0.1) is 5.92 Å². The Morgan fingerprint density at radius 2 is 1.89 bits per heavy atom. The van der Waals surface area contributed by atoms with Crippen molar-refractivity contribution in [2.45, 2.75) is 25.8 Å². The number of amides is 1. The summed E-state index contributed by atoms with van der Waals surface area (Å²) >= 11 is 0. The number of fused-ring (bicyclic) bond motifs is 1. The molecule has 0 bridgehead atoms. The molecule has 5 heteroatoms. The van der Waals surface area contributed by atoms with Crippen molar-refractivity contribution in [3.8, 4) is 0 Å². The van der Waals surface area contributed by atoms with Crippen molar-refractivity contribution in [3.05, 3.63) is 59.9 Å². The smallest absolute Gasteiger partial charge is 0.234 e. The Kier molecular flexibility index (Phi) is 5.68. The molecule has 1 saturated heterocycles. The first-order chi connectivity index (χ1) is 13.3. The van der Waals surface area contributed by atoms with Gasteiger partial charge in [-0.25, -0.2) is 0 Å². The van der Waals surface area contributed by atoms with E-state index in [4.69, 9.17) is 0 Å². The predicted molar refractivity (Wildman–Crippen MR) is 108 cm³/mol. The zero-order chi connectivity index (χ0) is 18.5. The number of anilines is 1. The molecule has 2 aliphatic rings. The average molecular weight is 364 g/mol. The van der Waals surface area contributed by atoms with Crippen LogP contribution in [0.2, 0.25) is 0 Å². The van der Waals surface area contributed by atoms with E-state index in [0.29, 0.717) is 13.1 Å². The summed E-state index contributed by atoms with van der Waals surface area (Å²) in [6.07, 6.45) is 5.27. The number of piperidine rings is 1. The van der Waals surface area contributed by atoms with E-state index < -0.39 is 0 Å². The van der Waals surface area contributed by atoms with Gasteiger partial charge in [0.05, 0.1) is 18.8 Å². The molecule has 142 valence electrons. The van der Waals surface area contributed by atoms with Gasteiger partial charge in [-0.15, -0.1) is 0 Å². The molecule has 1 fully saturated rings. The van der Waals surface area contributed by atoms with Crippen molar-refractivity contribution in [2.75, 3.05) is 37.6 Å². The van der Waals surface area contributed by atoms with Gasteiger partial charge in [-0.1, -0.05) is 24.3 Å². The molecule has 0 saturated carbocycles. The number of hydrogen-bond acceptors (Lipinski definition) is 4. The SMILES string of the molecule is O=C(CN1CCC(CN2CCc3ccccc32)CC1)NCc1ccccn1. The van der Waals surface area contributed by atoms with Crippen LogP contribution in [0.25, 0.3) is 0 Å². The van der Waals surface area contributed by atoms with Gasteiger partial charge in [-0.3, -0.25) is 14.7 Å². The lowest BCUT2D eigenvalue weighted by Crippen LogP contribution is -2.43. The van der Waals surface area contributed by atoms with Crippen LogP contribution < -0.4 is 10.2 Å². The number of carbonyl (C=O) groups is 1. The molecule has 1 aromatic heterocycles. The molecule has 5 nitrogen and oxygen atoms in total. The number of aromatic nitrogens is 1. The highest BCUT2D eigenvalue weighted by Gasteiger charge is 2.25. The molecule has 1 amide bonds. The van der Waals surface area contributed by atoms with E-state index in [-0.39, 0.29) is 5.91 Å². The first-order valence-electron chi connectivity index (χ1n) is 10.00. The predicted octanol–water partition coefficient (Wildman–Crippen LogP) is 2.47. The molecule has 0 unspecified atom stereocenters. The van der Waals surface area contributed by atoms with Crippen molar-refractivity contribution < 1.29 is 4.79 Å². The molecule has 2 aliphatic heterocycles. The molecule has 27 heavy (non-hydrogen) atoms. The van der Waals surface area contributed by atoms with E-state index in [0.717, 1.165) is 37.8 Å². The van der Waals surface area contributed by atoms with Crippen LogP contribution in [0.1, 0.15) is 24.1 Å². The fourth-order valence-corrected chi connectivity index (χ4v) is 4.19. The zero-order valence-corrected chi connectivity index (χ0v) is 15.8. The maximum absolute atomic E-state index is 12.2. The third kappa shape index (κ3) is 4.66. The van der Waals surface area contributed by atoms with Crippen LogP contribution >= 0.6 is 0 Å². The fraction of sp³-hybridized carbons (Fsp3) is 0.455. The molecule has 0 aliphatic carbocycles. The zero-order valence-electron chi connectivity index (χ0n) is 15.8. The van der Waals surface area contributed by atoms with Crippen LogP contribution in [0.5, 0.6) is 0 Å². The summed E-state index contributed by atoms with van der Waals surface area (Å²) < 4.78 is 0. The minimum atomic E-state index is 0.0903. The lowest BCUT2D eigenvalue weighted by atomic mass is 9.96. The number of carbonyl (C=O) groups excluding carboxylic acids is 1. The maximum Gasteiger partial charge on any atom is 0.234 e. The number of nitrogens with one attached hydrogen (secondary N) is 1. The molecule has 4 rings (SSSR count). The fourth-order valence-electron chi connectivity index (χ4n) is 4.19. The van der Waals surface area contributed by atoms with Crippen molar-refractivity contribution >= 4 is 11.6 Å². The number of para-hydroxylation sites is 1. The van der Waals surface area contributed by atoms with Crippen LogP contribution in [0.15, 0.2) is 48.7 Å². The molecule has 0 atom stereocenters. The number of hydrogen-bond donors (Lipinski definition) is 1. The number of nitrogens with zero attached hydrogens (tertiary/aromatic N) is 3. The van der Waals surface area contributed by atoms with Crippen molar-refractivity contribution in [2.24, 2.45) is 5.92 Å². The van der Waals surface area contributed by atoms with Gasteiger partial charge >= 0.3 is 0 Å². The Morgan fingerprint density at radius 1 is 1.07 bits per heavy atom. The third-order valence-corrected chi connectivity index (χ3v) is 5.73. The van der Waals surface area contributed by atoms with Crippen LogP contribution in [-0.2, 0) is 17.8 Å². The standard InChI is InChI=1S/C22H28N4O/c27-22(24-15-20-6-3-4-11-23-20)17-25-12-8-18(9-13-25)16-26-14-10-19-5-1-2-7-21(19)26/h1-7,11,18H,8-10,12-17H2,(H,24,27). The van der Waals surface area contributed by atoms with Gasteiger partial charge in [0.25, 0.3) is 0 Å². The van der Waals surface area contributed by atoms with Crippen molar-refractivity contribution in [3.63, 3.8) is 0 Å². The number of likely N-dealkylation sites (tertiary alicyclic amines) is 1. The molecule has 3 heterocycles. The normalized spacial score (nSPS) is 17.7. The summed E-state index contributed by atoms with van der Waals surface area (Å²) in [5, 5.41) is 2.98. The largest absolute Gasteiger partial charge is 0.371 e. The topological polar surface area (TPSA) is 48.5 Å². The Hall–Kier alpha value is -2.40. The van der Waals surface area contributed by atoms with E-state index >= 15 is 0 Å². The lowest BCUT2D eigenvalue weighted by Gasteiger charge is -2.34. The van der Waals surface area contributed by atoms with Crippen LogP contribution in [0.3, 0.4) is 0 Å². The molecular weight excluding hydrogens is 336 g/mol. The first-order valence-corrected chi connectivity index (χ1v) is 10.00. The van der Waals surface area contributed by atoms with E-state index in [1.54, 1.807) is 6.20 Å². The molecule has 1 N–H and O–H groups in total.